The van der Waals surface area contributed by atoms with Crippen LogP contribution in [0, 0.1) is 10.1 Å². The Labute approximate surface area is 232 Å². The van der Waals surface area contributed by atoms with E-state index in [9.17, 15) is 14.9 Å². The summed E-state index contributed by atoms with van der Waals surface area (Å²) in [5, 5.41) is 18.9. The summed E-state index contributed by atoms with van der Waals surface area (Å²) in [7, 11) is 0. The van der Waals surface area contributed by atoms with Gasteiger partial charge in [-0.25, -0.2) is 4.98 Å². The van der Waals surface area contributed by atoms with Crippen molar-refractivity contribution in [2.75, 3.05) is 0 Å². The summed E-state index contributed by atoms with van der Waals surface area (Å²) < 4.78 is 8.11. The van der Waals surface area contributed by atoms with Crippen molar-refractivity contribution in [2.24, 2.45) is 5.10 Å². The summed E-state index contributed by atoms with van der Waals surface area (Å²) in [5.41, 5.74) is 1.35. The number of nitrogens with zero attached hydrogens (tertiary/aromatic N) is 4. The SMILES string of the molecule is CC[C@@H](C)c1nc2ccc(Br)cc2c(=O)n1N=Cc1cccc([N+](=O)[O-])c1OCc1cccc2ccccc12. The highest BCUT2D eigenvalue weighted by molar-refractivity contribution is 9.10. The number of aromatic nitrogens is 2. The Bertz CT molecular complexity index is 1790. The number of benzene rings is 4. The fourth-order valence-corrected chi connectivity index (χ4v) is 4.77. The van der Waals surface area contributed by atoms with E-state index in [0.29, 0.717) is 22.3 Å². The molecule has 0 saturated carbocycles. The molecule has 0 saturated heterocycles. The molecule has 1 heterocycles. The predicted molar refractivity (Wildman–Crippen MR) is 157 cm³/mol. The van der Waals surface area contributed by atoms with Crippen LogP contribution in [0.25, 0.3) is 21.7 Å². The maximum Gasteiger partial charge on any atom is 0.311 e. The molecule has 1 aromatic heterocycles. The molecule has 0 fully saturated rings. The average molecular weight is 585 g/mol. The summed E-state index contributed by atoms with van der Waals surface area (Å²) in [5.74, 6) is 0.543. The molecule has 196 valence electrons. The van der Waals surface area contributed by atoms with E-state index < -0.39 is 4.92 Å². The number of hydrogen-bond donors (Lipinski definition) is 0. The highest BCUT2D eigenvalue weighted by atomic mass is 79.9. The molecule has 5 aromatic rings. The van der Waals surface area contributed by atoms with E-state index in [0.717, 1.165) is 27.2 Å². The van der Waals surface area contributed by atoms with Crippen molar-refractivity contribution < 1.29 is 9.66 Å². The summed E-state index contributed by atoms with van der Waals surface area (Å²) in [6.07, 6.45) is 2.17. The molecule has 0 N–H and O–H groups in total. The van der Waals surface area contributed by atoms with Gasteiger partial charge in [0.25, 0.3) is 5.56 Å². The lowest BCUT2D eigenvalue weighted by molar-refractivity contribution is -0.385. The number of nitro groups is 1. The molecule has 0 aliphatic heterocycles. The van der Waals surface area contributed by atoms with Crippen LogP contribution in [0.2, 0.25) is 0 Å². The molecular weight excluding hydrogens is 560 g/mol. The van der Waals surface area contributed by atoms with Crippen molar-refractivity contribution in [1.82, 2.24) is 9.66 Å². The second kappa shape index (κ2) is 11.2. The minimum absolute atomic E-state index is 0.0462. The number of fused-ring (bicyclic) bond motifs is 2. The Morgan fingerprint density at radius 1 is 1.08 bits per heavy atom. The second-order valence-corrected chi connectivity index (χ2v) is 10.1. The van der Waals surface area contributed by atoms with E-state index in [4.69, 9.17) is 9.72 Å². The van der Waals surface area contributed by atoms with Gasteiger partial charge in [-0.2, -0.15) is 9.78 Å². The van der Waals surface area contributed by atoms with E-state index >= 15 is 0 Å². The van der Waals surface area contributed by atoms with E-state index in [1.807, 2.05) is 62.4 Å². The third kappa shape index (κ3) is 5.31. The normalized spacial score (nSPS) is 12.3. The molecule has 4 aromatic carbocycles. The van der Waals surface area contributed by atoms with Crippen LogP contribution in [0.3, 0.4) is 0 Å². The standard InChI is InChI=1S/C30H25BrN4O4/c1-3-19(2)29-33-26-15-14-23(31)16-25(26)30(36)34(29)32-17-21-10-7-13-27(35(37)38)28(21)39-18-22-11-6-9-20-8-4-5-12-24(20)22/h4-17,19H,3,18H2,1-2H3/t19-/m1/s1. The summed E-state index contributed by atoms with van der Waals surface area (Å²) >= 11 is 3.42. The highest BCUT2D eigenvalue weighted by Gasteiger charge is 2.20. The highest BCUT2D eigenvalue weighted by Crippen LogP contribution is 2.32. The maximum absolute atomic E-state index is 13.5. The van der Waals surface area contributed by atoms with Gasteiger partial charge in [-0.3, -0.25) is 14.9 Å². The third-order valence-corrected chi connectivity index (χ3v) is 7.17. The first kappa shape index (κ1) is 26.2. The molecule has 9 heteroatoms. The third-order valence-electron chi connectivity index (χ3n) is 6.67. The molecule has 0 aliphatic carbocycles. The van der Waals surface area contributed by atoms with Crippen LogP contribution in [-0.4, -0.2) is 20.8 Å². The Morgan fingerprint density at radius 2 is 1.85 bits per heavy atom. The fraction of sp³-hybridized carbons (Fsp3) is 0.167. The average Bonchev–Trinajstić information content (AvgIpc) is 2.95. The second-order valence-electron chi connectivity index (χ2n) is 9.18. The van der Waals surface area contributed by atoms with Gasteiger partial charge in [-0.05, 0) is 47.0 Å². The number of halogens is 1. The monoisotopic (exact) mass is 584 g/mol. The van der Waals surface area contributed by atoms with Gasteiger partial charge in [0.15, 0.2) is 0 Å². The van der Waals surface area contributed by atoms with E-state index in [1.54, 1.807) is 24.3 Å². The molecule has 39 heavy (non-hydrogen) atoms. The summed E-state index contributed by atoms with van der Waals surface area (Å²) in [6.45, 7) is 4.11. The van der Waals surface area contributed by atoms with Crippen LogP contribution in [0.15, 0.2) is 93.2 Å². The maximum atomic E-state index is 13.5. The van der Waals surface area contributed by atoms with Gasteiger partial charge >= 0.3 is 5.69 Å². The predicted octanol–water partition coefficient (Wildman–Crippen LogP) is 7.20. The van der Waals surface area contributed by atoms with Gasteiger partial charge in [-0.1, -0.05) is 78.3 Å². The van der Waals surface area contributed by atoms with Crippen LogP contribution >= 0.6 is 15.9 Å². The molecule has 8 nitrogen and oxygen atoms in total. The fourth-order valence-electron chi connectivity index (χ4n) is 4.41. The Hall–Kier alpha value is -4.37. The quantitative estimate of drug-likeness (QED) is 0.109. The van der Waals surface area contributed by atoms with Gasteiger partial charge in [0.2, 0.25) is 5.75 Å². The zero-order valence-electron chi connectivity index (χ0n) is 21.4. The molecule has 1 atom stereocenters. The molecule has 0 radical (unpaired) electrons. The Morgan fingerprint density at radius 3 is 2.64 bits per heavy atom. The number of hydrogen-bond acceptors (Lipinski definition) is 6. The van der Waals surface area contributed by atoms with E-state index in [1.165, 1.54) is 17.0 Å². The van der Waals surface area contributed by atoms with Crippen LogP contribution in [0.1, 0.15) is 43.1 Å². The van der Waals surface area contributed by atoms with Crippen molar-refractivity contribution in [3.8, 4) is 5.75 Å². The lowest BCUT2D eigenvalue weighted by Crippen LogP contribution is -2.23. The zero-order valence-corrected chi connectivity index (χ0v) is 23.0. The van der Waals surface area contributed by atoms with Crippen molar-refractivity contribution in [2.45, 2.75) is 32.8 Å². The number of ether oxygens (including phenoxy) is 1. The molecule has 5 rings (SSSR count). The number of para-hydroxylation sites is 1. The minimum atomic E-state index is -0.484. The lowest BCUT2D eigenvalue weighted by atomic mass is 10.1. The minimum Gasteiger partial charge on any atom is -0.481 e. The van der Waals surface area contributed by atoms with Gasteiger partial charge in [0, 0.05) is 22.0 Å². The molecule has 0 aliphatic rings. The molecule has 0 spiro atoms. The summed E-state index contributed by atoms with van der Waals surface area (Å²) in [4.78, 5) is 29.6. The lowest BCUT2D eigenvalue weighted by Gasteiger charge is -2.14. The van der Waals surface area contributed by atoms with Gasteiger partial charge < -0.3 is 4.74 Å². The number of rotatable bonds is 8. The van der Waals surface area contributed by atoms with Crippen molar-refractivity contribution >= 4 is 49.5 Å². The Kier molecular flexibility index (Phi) is 7.51. The molecule has 0 bridgehead atoms. The number of nitro benzene ring substituents is 1. The van der Waals surface area contributed by atoms with Gasteiger partial charge in [-0.15, -0.1) is 0 Å². The zero-order chi connectivity index (χ0) is 27.5. The molecule has 0 amide bonds. The van der Waals surface area contributed by atoms with E-state index in [2.05, 4.69) is 21.0 Å². The smallest absolute Gasteiger partial charge is 0.311 e. The van der Waals surface area contributed by atoms with Crippen LogP contribution in [-0.2, 0) is 6.61 Å². The van der Waals surface area contributed by atoms with Gasteiger partial charge in [0.05, 0.1) is 22.0 Å². The van der Waals surface area contributed by atoms with Gasteiger partial charge in [0.1, 0.15) is 12.4 Å². The van der Waals surface area contributed by atoms with Crippen molar-refractivity contribution in [3.05, 3.63) is 121 Å². The first-order valence-electron chi connectivity index (χ1n) is 12.5. The van der Waals surface area contributed by atoms with Crippen LogP contribution in [0.5, 0.6) is 5.75 Å². The molecule has 0 unspecified atom stereocenters. The topological polar surface area (TPSA) is 99.6 Å². The van der Waals surface area contributed by atoms with Crippen LogP contribution < -0.4 is 10.3 Å². The van der Waals surface area contributed by atoms with Crippen molar-refractivity contribution in [3.63, 3.8) is 0 Å². The first-order valence-corrected chi connectivity index (χ1v) is 13.3. The summed E-state index contributed by atoms with van der Waals surface area (Å²) in [6, 6.07) is 23.7. The molecular formula is C30H25BrN4O4. The van der Waals surface area contributed by atoms with E-state index in [-0.39, 0.29) is 29.5 Å². The first-order chi connectivity index (χ1) is 18.9. The Balaban J connectivity index is 1.59. The largest absolute Gasteiger partial charge is 0.481 e. The van der Waals surface area contributed by atoms with Crippen molar-refractivity contribution in [1.29, 1.82) is 0 Å². The van der Waals surface area contributed by atoms with Crippen LogP contribution in [0.4, 0.5) is 5.69 Å².